The van der Waals surface area contributed by atoms with Gasteiger partial charge in [-0.25, -0.2) is 0 Å². The number of nitrogens with zero attached hydrogens (tertiary/aromatic N) is 1. The van der Waals surface area contributed by atoms with Crippen LogP contribution < -0.4 is 5.32 Å². The van der Waals surface area contributed by atoms with Gasteiger partial charge in [0.05, 0.1) is 12.7 Å². The summed E-state index contributed by atoms with van der Waals surface area (Å²) in [6.07, 6.45) is 3.04. The van der Waals surface area contributed by atoms with Crippen molar-refractivity contribution in [1.29, 1.82) is 0 Å². The molecule has 1 amide bonds. The molecule has 2 fully saturated rings. The summed E-state index contributed by atoms with van der Waals surface area (Å²) in [5.74, 6) is 0.190. The highest BCUT2D eigenvalue weighted by Gasteiger charge is 2.25. The summed E-state index contributed by atoms with van der Waals surface area (Å²) >= 11 is 0. The lowest BCUT2D eigenvalue weighted by Crippen LogP contribution is -2.40. The lowest BCUT2D eigenvalue weighted by atomic mass is 10.1. The van der Waals surface area contributed by atoms with Gasteiger partial charge in [-0.05, 0) is 18.4 Å². The number of carbonyl (C=O) groups excluding carboxylic acids is 1. The van der Waals surface area contributed by atoms with Crippen LogP contribution in [0.3, 0.4) is 0 Å². The second kappa shape index (κ2) is 6.37. The number of hydrogen-bond donors (Lipinski definition) is 1. The van der Waals surface area contributed by atoms with Crippen LogP contribution in [0.15, 0.2) is 30.3 Å². The minimum absolute atomic E-state index is 0.136. The summed E-state index contributed by atoms with van der Waals surface area (Å²) in [4.78, 5) is 14.0. The molecule has 1 aliphatic carbocycles. The molecule has 1 heterocycles. The standard InChI is InChI=1S/C16H22N2O2/c19-16(17-14-6-7-14)8-9-18-10-11-20-15(12-18)13-4-2-1-3-5-13/h1-5,14-15H,6-12H2,(H,17,19)/t15-/m1/s1. The van der Waals surface area contributed by atoms with E-state index in [0.29, 0.717) is 12.5 Å². The number of hydrogen-bond acceptors (Lipinski definition) is 3. The van der Waals surface area contributed by atoms with Gasteiger partial charge in [-0.1, -0.05) is 30.3 Å². The predicted molar refractivity (Wildman–Crippen MR) is 77.4 cm³/mol. The van der Waals surface area contributed by atoms with E-state index in [1.54, 1.807) is 0 Å². The van der Waals surface area contributed by atoms with Crippen LogP contribution in [0.4, 0.5) is 0 Å². The third-order valence-electron chi connectivity index (χ3n) is 3.92. The van der Waals surface area contributed by atoms with E-state index in [-0.39, 0.29) is 12.0 Å². The van der Waals surface area contributed by atoms with Crippen molar-refractivity contribution in [3.63, 3.8) is 0 Å². The first-order valence-corrected chi connectivity index (χ1v) is 7.49. The van der Waals surface area contributed by atoms with Gasteiger partial charge in [0.2, 0.25) is 5.91 Å². The van der Waals surface area contributed by atoms with Crippen molar-refractivity contribution in [2.45, 2.75) is 31.4 Å². The van der Waals surface area contributed by atoms with Crippen LogP contribution >= 0.6 is 0 Å². The fraction of sp³-hybridized carbons (Fsp3) is 0.562. The molecule has 4 nitrogen and oxygen atoms in total. The first-order valence-electron chi connectivity index (χ1n) is 7.49. The van der Waals surface area contributed by atoms with Gasteiger partial charge in [0, 0.05) is 32.1 Å². The smallest absolute Gasteiger partial charge is 0.221 e. The van der Waals surface area contributed by atoms with Crippen LogP contribution in [0.2, 0.25) is 0 Å². The molecule has 1 aromatic rings. The van der Waals surface area contributed by atoms with Crippen molar-refractivity contribution in [3.8, 4) is 0 Å². The van der Waals surface area contributed by atoms with Gasteiger partial charge in [0.15, 0.2) is 0 Å². The normalized spacial score (nSPS) is 23.5. The van der Waals surface area contributed by atoms with Crippen molar-refractivity contribution in [2.75, 3.05) is 26.2 Å². The summed E-state index contributed by atoms with van der Waals surface area (Å²) in [5.41, 5.74) is 1.22. The number of rotatable bonds is 5. The second-order valence-electron chi connectivity index (χ2n) is 5.66. The average molecular weight is 274 g/mol. The Morgan fingerprint density at radius 2 is 2.10 bits per heavy atom. The third kappa shape index (κ3) is 3.81. The topological polar surface area (TPSA) is 41.6 Å². The largest absolute Gasteiger partial charge is 0.371 e. The Balaban J connectivity index is 1.46. The van der Waals surface area contributed by atoms with Crippen LogP contribution in [0.5, 0.6) is 0 Å². The van der Waals surface area contributed by atoms with Gasteiger partial charge in [-0.2, -0.15) is 0 Å². The lowest BCUT2D eigenvalue weighted by Gasteiger charge is -2.33. The quantitative estimate of drug-likeness (QED) is 0.889. The molecule has 1 saturated heterocycles. The molecule has 0 aromatic heterocycles. The maximum absolute atomic E-state index is 11.7. The number of amides is 1. The predicted octanol–water partition coefficient (Wildman–Crippen LogP) is 1.73. The maximum Gasteiger partial charge on any atom is 0.221 e. The molecule has 0 radical (unpaired) electrons. The molecule has 108 valence electrons. The molecule has 1 atom stereocenters. The fourth-order valence-corrected chi connectivity index (χ4v) is 2.56. The highest BCUT2D eigenvalue weighted by atomic mass is 16.5. The molecule has 1 aliphatic heterocycles. The van der Waals surface area contributed by atoms with Gasteiger partial charge < -0.3 is 10.1 Å². The lowest BCUT2D eigenvalue weighted by molar-refractivity contribution is -0.122. The molecule has 4 heteroatoms. The number of morpholine rings is 1. The Morgan fingerprint density at radius 3 is 2.85 bits per heavy atom. The molecule has 1 saturated carbocycles. The number of benzene rings is 1. The van der Waals surface area contributed by atoms with Crippen molar-refractivity contribution >= 4 is 5.91 Å². The SMILES string of the molecule is O=C(CCN1CCO[C@@H](c2ccccc2)C1)NC1CC1. The maximum atomic E-state index is 11.7. The molecule has 0 spiro atoms. The van der Waals surface area contributed by atoms with Gasteiger partial charge in [-0.3, -0.25) is 9.69 Å². The van der Waals surface area contributed by atoms with E-state index < -0.39 is 0 Å². The van der Waals surface area contributed by atoms with Crippen LogP contribution in [-0.2, 0) is 9.53 Å². The van der Waals surface area contributed by atoms with Crippen LogP contribution in [0.1, 0.15) is 30.9 Å². The highest BCUT2D eigenvalue weighted by Crippen LogP contribution is 2.22. The van der Waals surface area contributed by atoms with E-state index in [4.69, 9.17) is 4.74 Å². The molecule has 2 aliphatic rings. The van der Waals surface area contributed by atoms with Gasteiger partial charge in [0.25, 0.3) is 0 Å². The Kier molecular flexibility index (Phi) is 4.33. The van der Waals surface area contributed by atoms with E-state index in [9.17, 15) is 4.79 Å². The van der Waals surface area contributed by atoms with Gasteiger partial charge in [-0.15, -0.1) is 0 Å². The molecule has 1 aromatic carbocycles. The van der Waals surface area contributed by atoms with E-state index in [1.807, 2.05) is 18.2 Å². The zero-order chi connectivity index (χ0) is 13.8. The Morgan fingerprint density at radius 1 is 1.30 bits per heavy atom. The van der Waals surface area contributed by atoms with Gasteiger partial charge >= 0.3 is 0 Å². The third-order valence-corrected chi connectivity index (χ3v) is 3.92. The zero-order valence-corrected chi connectivity index (χ0v) is 11.8. The molecule has 1 N–H and O–H groups in total. The minimum atomic E-state index is 0.136. The zero-order valence-electron chi connectivity index (χ0n) is 11.8. The fourth-order valence-electron chi connectivity index (χ4n) is 2.56. The van der Waals surface area contributed by atoms with E-state index in [2.05, 4.69) is 22.3 Å². The molecule has 20 heavy (non-hydrogen) atoms. The van der Waals surface area contributed by atoms with Crippen molar-refractivity contribution in [3.05, 3.63) is 35.9 Å². The second-order valence-corrected chi connectivity index (χ2v) is 5.66. The van der Waals surface area contributed by atoms with E-state index >= 15 is 0 Å². The van der Waals surface area contributed by atoms with Crippen molar-refractivity contribution in [2.24, 2.45) is 0 Å². The summed E-state index contributed by atoms with van der Waals surface area (Å²) in [5, 5.41) is 3.04. The number of nitrogens with one attached hydrogen (secondary N) is 1. The molecule has 0 bridgehead atoms. The molecular weight excluding hydrogens is 252 g/mol. The molecule has 0 unspecified atom stereocenters. The monoisotopic (exact) mass is 274 g/mol. The number of carbonyl (C=O) groups is 1. The number of ether oxygens (including phenoxy) is 1. The van der Waals surface area contributed by atoms with Crippen LogP contribution in [0.25, 0.3) is 0 Å². The summed E-state index contributed by atoms with van der Waals surface area (Å²) in [7, 11) is 0. The van der Waals surface area contributed by atoms with Crippen molar-refractivity contribution in [1.82, 2.24) is 10.2 Å². The summed E-state index contributed by atoms with van der Waals surface area (Å²) in [6, 6.07) is 10.8. The first-order chi connectivity index (χ1) is 9.81. The summed E-state index contributed by atoms with van der Waals surface area (Å²) < 4.78 is 5.83. The van der Waals surface area contributed by atoms with E-state index in [1.165, 1.54) is 5.56 Å². The molecular formula is C16H22N2O2. The average Bonchev–Trinajstić information content (AvgIpc) is 3.30. The Hall–Kier alpha value is -1.39. The Labute approximate surface area is 120 Å². The Bertz CT molecular complexity index is 445. The molecule has 3 rings (SSSR count). The minimum Gasteiger partial charge on any atom is -0.371 e. The highest BCUT2D eigenvalue weighted by molar-refractivity contribution is 5.76. The van der Waals surface area contributed by atoms with Crippen molar-refractivity contribution < 1.29 is 9.53 Å². The van der Waals surface area contributed by atoms with Gasteiger partial charge in [0.1, 0.15) is 0 Å². The van der Waals surface area contributed by atoms with E-state index in [0.717, 1.165) is 39.1 Å². The summed E-state index contributed by atoms with van der Waals surface area (Å²) in [6.45, 7) is 3.36. The first kappa shape index (κ1) is 13.6. The van der Waals surface area contributed by atoms with Crippen LogP contribution in [-0.4, -0.2) is 43.1 Å². The van der Waals surface area contributed by atoms with Crippen LogP contribution in [0, 0.1) is 0 Å².